The molecule has 0 unspecified atom stereocenters. The van der Waals surface area contributed by atoms with Crippen LogP contribution < -0.4 is 0 Å². The molecule has 3 nitrogen and oxygen atoms in total. The number of rotatable bonds is 8. The molecule has 0 aliphatic heterocycles. The maximum absolute atomic E-state index is 9.80. The molecule has 3 heteroatoms. The number of allylic oxidation sites excluding steroid dienone is 1. The third-order valence-electron chi connectivity index (χ3n) is 2.92. The van der Waals surface area contributed by atoms with Gasteiger partial charge in [0.25, 0.3) is 0 Å². The highest BCUT2D eigenvalue weighted by Crippen LogP contribution is 2.17. The number of hydrogen-bond acceptors (Lipinski definition) is 3. The van der Waals surface area contributed by atoms with Crippen molar-refractivity contribution >= 4 is 0 Å². The largest absolute Gasteiger partial charge is 0.389 e. The van der Waals surface area contributed by atoms with E-state index in [-0.39, 0.29) is 6.42 Å². The minimum Gasteiger partial charge on any atom is -0.389 e. The van der Waals surface area contributed by atoms with Gasteiger partial charge in [-0.3, -0.25) is 0 Å². The van der Waals surface area contributed by atoms with E-state index < -0.39 is 17.8 Å². The zero-order valence-corrected chi connectivity index (χ0v) is 11.7. The van der Waals surface area contributed by atoms with Gasteiger partial charge in [-0.15, -0.1) is 6.58 Å². The molecule has 0 fully saturated rings. The van der Waals surface area contributed by atoms with E-state index in [1.54, 1.807) is 19.9 Å². The van der Waals surface area contributed by atoms with Gasteiger partial charge in [0.1, 0.15) is 0 Å². The summed E-state index contributed by atoms with van der Waals surface area (Å²) < 4.78 is 0. The molecule has 104 valence electrons. The molecule has 0 spiro atoms. The van der Waals surface area contributed by atoms with Crippen molar-refractivity contribution < 1.29 is 15.3 Å². The topological polar surface area (TPSA) is 60.7 Å². The van der Waals surface area contributed by atoms with E-state index in [4.69, 9.17) is 0 Å². The first-order valence-electron chi connectivity index (χ1n) is 6.22. The second-order valence-corrected chi connectivity index (χ2v) is 5.25. The van der Waals surface area contributed by atoms with Crippen LogP contribution in [-0.4, -0.2) is 33.1 Å². The summed E-state index contributed by atoms with van der Waals surface area (Å²) in [5.74, 6) is 0. The molecule has 0 aliphatic carbocycles. The summed E-state index contributed by atoms with van der Waals surface area (Å²) in [6.07, 6.45) is 3.44. The molecule has 18 heavy (non-hydrogen) atoms. The Kier molecular flexibility index (Phi) is 7.14. The minimum atomic E-state index is -1.06. The molecular weight excluding hydrogens is 228 g/mol. The number of hydrogen-bond donors (Lipinski definition) is 3. The van der Waals surface area contributed by atoms with E-state index >= 15 is 0 Å². The quantitative estimate of drug-likeness (QED) is 0.583. The van der Waals surface area contributed by atoms with Gasteiger partial charge in [0.15, 0.2) is 0 Å². The molecule has 0 bridgehead atoms. The number of aliphatic hydroxyl groups excluding tert-OH is 2. The Morgan fingerprint density at radius 1 is 1.33 bits per heavy atom. The zero-order chi connectivity index (χ0) is 14.3. The smallest absolute Gasteiger partial charge is 0.0824 e. The van der Waals surface area contributed by atoms with Crippen LogP contribution >= 0.6 is 0 Å². The zero-order valence-electron chi connectivity index (χ0n) is 11.7. The first-order chi connectivity index (χ1) is 8.18. The fourth-order valence-corrected chi connectivity index (χ4v) is 1.59. The highest BCUT2D eigenvalue weighted by atomic mass is 16.3. The molecule has 0 aromatic rings. The molecule has 0 aromatic heterocycles. The summed E-state index contributed by atoms with van der Waals surface area (Å²) >= 11 is 0. The van der Waals surface area contributed by atoms with E-state index in [9.17, 15) is 15.3 Å². The van der Waals surface area contributed by atoms with Crippen molar-refractivity contribution in [3.63, 3.8) is 0 Å². The van der Waals surface area contributed by atoms with Gasteiger partial charge in [-0.25, -0.2) is 0 Å². The van der Waals surface area contributed by atoms with Crippen molar-refractivity contribution in [2.45, 2.75) is 57.8 Å². The molecule has 0 amide bonds. The van der Waals surface area contributed by atoms with E-state index in [1.165, 1.54) is 6.08 Å². The third kappa shape index (κ3) is 7.43. The van der Waals surface area contributed by atoms with E-state index in [2.05, 4.69) is 13.2 Å². The molecule has 0 heterocycles. The SMILES string of the molecule is C=C[C@](C)(O)C[C@@H](O)/C=C(\C)CC[C@@H](O)C(=C)C. The Morgan fingerprint density at radius 3 is 2.33 bits per heavy atom. The third-order valence-corrected chi connectivity index (χ3v) is 2.92. The lowest BCUT2D eigenvalue weighted by Gasteiger charge is -2.21. The van der Waals surface area contributed by atoms with Crippen LogP contribution in [0, 0.1) is 0 Å². The molecule has 0 rings (SSSR count). The van der Waals surface area contributed by atoms with E-state index in [0.717, 1.165) is 11.1 Å². The predicted octanol–water partition coefficient (Wildman–Crippen LogP) is 2.34. The summed E-state index contributed by atoms with van der Waals surface area (Å²) in [5.41, 5.74) is 0.675. The second-order valence-electron chi connectivity index (χ2n) is 5.25. The maximum Gasteiger partial charge on any atom is 0.0824 e. The van der Waals surface area contributed by atoms with Gasteiger partial charge in [-0.05, 0) is 33.6 Å². The van der Waals surface area contributed by atoms with Crippen LogP contribution in [0.15, 0.2) is 36.5 Å². The average Bonchev–Trinajstić information content (AvgIpc) is 2.24. The van der Waals surface area contributed by atoms with Gasteiger partial charge in [-0.1, -0.05) is 29.9 Å². The first kappa shape index (κ1) is 17.1. The summed E-state index contributed by atoms with van der Waals surface area (Å²) in [6.45, 7) is 12.5. The van der Waals surface area contributed by atoms with Crippen molar-refractivity contribution in [3.8, 4) is 0 Å². The summed E-state index contributed by atoms with van der Waals surface area (Å²) in [5, 5.41) is 29.1. The fourth-order valence-electron chi connectivity index (χ4n) is 1.59. The summed E-state index contributed by atoms with van der Waals surface area (Å²) in [7, 11) is 0. The summed E-state index contributed by atoms with van der Waals surface area (Å²) in [4.78, 5) is 0. The molecule has 3 N–H and O–H groups in total. The molecule has 3 atom stereocenters. The van der Waals surface area contributed by atoms with Gasteiger partial charge >= 0.3 is 0 Å². The fraction of sp³-hybridized carbons (Fsp3) is 0.600. The van der Waals surface area contributed by atoms with Crippen LogP contribution in [0.5, 0.6) is 0 Å². The predicted molar refractivity (Wildman–Crippen MR) is 75.3 cm³/mol. The van der Waals surface area contributed by atoms with E-state index in [0.29, 0.717) is 12.8 Å². The van der Waals surface area contributed by atoms with Crippen molar-refractivity contribution in [1.82, 2.24) is 0 Å². The Labute approximate surface area is 110 Å². The highest BCUT2D eigenvalue weighted by Gasteiger charge is 2.19. The normalized spacial score (nSPS) is 18.9. The lowest BCUT2D eigenvalue weighted by molar-refractivity contribution is 0.0573. The van der Waals surface area contributed by atoms with Gasteiger partial charge in [0, 0.05) is 6.42 Å². The Hall–Kier alpha value is -0.900. The lowest BCUT2D eigenvalue weighted by atomic mass is 9.96. The van der Waals surface area contributed by atoms with Crippen molar-refractivity contribution in [1.29, 1.82) is 0 Å². The van der Waals surface area contributed by atoms with E-state index in [1.807, 2.05) is 6.92 Å². The lowest BCUT2D eigenvalue weighted by Crippen LogP contribution is -2.26. The molecule has 0 saturated carbocycles. The van der Waals surface area contributed by atoms with Crippen LogP contribution in [0.4, 0.5) is 0 Å². The monoisotopic (exact) mass is 254 g/mol. The van der Waals surface area contributed by atoms with Crippen LogP contribution in [0.1, 0.15) is 40.0 Å². The number of aliphatic hydroxyl groups is 3. The Morgan fingerprint density at radius 2 is 1.89 bits per heavy atom. The van der Waals surface area contributed by atoms with Gasteiger partial charge in [0.2, 0.25) is 0 Å². The van der Waals surface area contributed by atoms with Crippen molar-refractivity contribution in [2.24, 2.45) is 0 Å². The first-order valence-corrected chi connectivity index (χ1v) is 6.22. The van der Waals surface area contributed by atoms with Crippen LogP contribution in [0.2, 0.25) is 0 Å². The highest BCUT2D eigenvalue weighted by molar-refractivity contribution is 5.07. The second kappa shape index (κ2) is 7.52. The standard InChI is InChI=1S/C15H26O3/c1-6-15(5,18)10-13(16)9-12(4)7-8-14(17)11(2)3/h6,9,13-14,16-18H,1-2,7-8,10H2,3-5H3/b12-9+/t13-,14+,15-/m0/s1. The molecule has 0 aliphatic rings. The average molecular weight is 254 g/mol. The Balaban J connectivity index is 4.24. The Bertz CT molecular complexity index is 316. The van der Waals surface area contributed by atoms with Crippen LogP contribution in [0.25, 0.3) is 0 Å². The van der Waals surface area contributed by atoms with Crippen LogP contribution in [-0.2, 0) is 0 Å². The molecular formula is C15H26O3. The molecule has 0 aromatic carbocycles. The van der Waals surface area contributed by atoms with Crippen LogP contribution in [0.3, 0.4) is 0 Å². The van der Waals surface area contributed by atoms with Gasteiger partial charge in [-0.2, -0.15) is 0 Å². The molecule has 0 saturated heterocycles. The van der Waals surface area contributed by atoms with Crippen molar-refractivity contribution in [2.75, 3.05) is 0 Å². The minimum absolute atomic E-state index is 0.219. The van der Waals surface area contributed by atoms with Crippen molar-refractivity contribution in [3.05, 3.63) is 36.5 Å². The summed E-state index contributed by atoms with van der Waals surface area (Å²) in [6, 6.07) is 0. The van der Waals surface area contributed by atoms with Gasteiger partial charge < -0.3 is 15.3 Å². The van der Waals surface area contributed by atoms with Gasteiger partial charge in [0.05, 0.1) is 17.8 Å². The maximum atomic E-state index is 9.80. The molecule has 0 radical (unpaired) electrons.